The molecule has 0 bridgehead atoms. The van der Waals surface area contributed by atoms with Crippen molar-refractivity contribution in [3.05, 3.63) is 48.0 Å². The highest BCUT2D eigenvalue weighted by Gasteiger charge is 2.12. The number of hydrogen-bond acceptors (Lipinski definition) is 8. The zero-order valence-electron chi connectivity index (χ0n) is 17.8. The van der Waals surface area contributed by atoms with Gasteiger partial charge < -0.3 is 29.8 Å². The first-order chi connectivity index (χ1) is 15.7. The fourth-order valence-corrected chi connectivity index (χ4v) is 3.95. The fraction of sp³-hybridized carbons (Fsp3) is 0.391. The highest BCUT2D eigenvalue weighted by Crippen LogP contribution is 2.33. The number of nitrogens with two attached hydrogens (primary N) is 1. The first-order valence-corrected chi connectivity index (χ1v) is 11.2. The molecule has 0 radical (unpaired) electrons. The van der Waals surface area contributed by atoms with Gasteiger partial charge in [-0.3, -0.25) is 4.79 Å². The van der Waals surface area contributed by atoms with Crippen LogP contribution in [0.3, 0.4) is 0 Å². The van der Waals surface area contributed by atoms with Crippen LogP contribution in [-0.2, 0) is 25.4 Å². The summed E-state index contributed by atoms with van der Waals surface area (Å²) in [6.07, 6.45) is 0.0844. The molecule has 3 aromatic rings. The van der Waals surface area contributed by atoms with Crippen LogP contribution in [0.15, 0.2) is 42.5 Å². The second kappa shape index (κ2) is 13.1. The van der Waals surface area contributed by atoms with Gasteiger partial charge in [-0.05, 0) is 30.3 Å². The third-order valence-corrected chi connectivity index (χ3v) is 5.52. The molecule has 1 heterocycles. The number of nitrogens with zero attached hydrogens (tertiary/aromatic N) is 1. The average Bonchev–Trinajstić information content (AvgIpc) is 3.22. The van der Waals surface area contributed by atoms with Crippen molar-refractivity contribution < 1.29 is 28.8 Å². The van der Waals surface area contributed by atoms with Gasteiger partial charge in [0.2, 0.25) is 5.91 Å². The first-order valence-electron chi connectivity index (χ1n) is 10.4. The van der Waals surface area contributed by atoms with Gasteiger partial charge in [-0.2, -0.15) is 0 Å². The summed E-state index contributed by atoms with van der Waals surface area (Å²) in [7, 11) is 0. The van der Waals surface area contributed by atoms with Crippen molar-refractivity contribution in [3.8, 4) is 16.3 Å². The lowest BCUT2D eigenvalue weighted by Crippen LogP contribution is -2.16. The Labute approximate surface area is 190 Å². The number of carbonyl (C=O) groups is 1. The third-order valence-electron chi connectivity index (χ3n) is 4.43. The summed E-state index contributed by atoms with van der Waals surface area (Å²) in [6.45, 7) is 2.84. The second-order valence-corrected chi connectivity index (χ2v) is 7.89. The highest BCUT2D eigenvalue weighted by molar-refractivity contribution is 7.21. The van der Waals surface area contributed by atoms with E-state index in [2.05, 4.69) is 4.98 Å². The standard InChI is InChI=1S/C23H28N2O6S/c24-22(27)16-18-15-17(23-25-19-3-1-2-4-21(19)32-23)5-6-20(18)31-14-13-30-12-11-29-10-9-28-8-7-26/h1-6,15,26H,7-14,16H2,(H2,24,27). The van der Waals surface area contributed by atoms with Gasteiger partial charge in [-0.15, -0.1) is 11.3 Å². The van der Waals surface area contributed by atoms with Crippen molar-refractivity contribution in [1.82, 2.24) is 4.98 Å². The Morgan fingerprint density at radius 1 is 0.938 bits per heavy atom. The minimum absolute atomic E-state index is 0.00890. The average molecular weight is 461 g/mol. The molecule has 0 atom stereocenters. The Bertz CT molecular complexity index is 961. The predicted octanol–water partition coefficient (Wildman–Crippen LogP) is 2.41. The van der Waals surface area contributed by atoms with E-state index in [1.165, 1.54) is 0 Å². The number of benzene rings is 2. The minimum Gasteiger partial charge on any atom is -0.491 e. The van der Waals surface area contributed by atoms with E-state index in [4.69, 9.17) is 29.8 Å². The summed E-state index contributed by atoms with van der Waals surface area (Å²) >= 11 is 1.60. The molecule has 2 aromatic carbocycles. The second-order valence-electron chi connectivity index (χ2n) is 6.86. The molecule has 1 amide bonds. The van der Waals surface area contributed by atoms with Crippen LogP contribution in [-0.4, -0.2) is 68.9 Å². The zero-order valence-corrected chi connectivity index (χ0v) is 18.6. The highest BCUT2D eigenvalue weighted by atomic mass is 32.1. The Balaban J connectivity index is 1.49. The molecule has 0 spiro atoms. The summed E-state index contributed by atoms with van der Waals surface area (Å²) in [4.78, 5) is 16.2. The van der Waals surface area contributed by atoms with E-state index in [-0.39, 0.29) is 13.0 Å². The quantitative estimate of drug-likeness (QED) is 0.335. The molecule has 0 saturated carbocycles. The van der Waals surface area contributed by atoms with Crippen LogP contribution in [0.1, 0.15) is 5.56 Å². The minimum atomic E-state index is -0.423. The number of aliphatic hydroxyl groups excluding tert-OH is 1. The van der Waals surface area contributed by atoms with Crippen LogP contribution < -0.4 is 10.5 Å². The maximum atomic E-state index is 11.6. The Hall–Kier alpha value is -2.56. The van der Waals surface area contributed by atoms with E-state index in [9.17, 15) is 4.79 Å². The number of thiazole rings is 1. The molecule has 0 unspecified atom stereocenters. The number of para-hydroxylation sites is 1. The van der Waals surface area contributed by atoms with Crippen molar-refractivity contribution >= 4 is 27.5 Å². The molecule has 0 aliphatic heterocycles. The Morgan fingerprint density at radius 2 is 1.62 bits per heavy atom. The zero-order chi connectivity index (χ0) is 22.6. The van der Waals surface area contributed by atoms with E-state index >= 15 is 0 Å². The van der Waals surface area contributed by atoms with Gasteiger partial charge in [0.15, 0.2) is 0 Å². The van der Waals surface area contributed by atoms with E-state index in [0.29, 0.717) is 52.0 Å². The van der Waals surface area contributed by atoms with Crippen molar-refractivity contribution in [2.75, 3.05) is 52.9 Å². The van der Waals surface area contributed by atoms with Crippen LogP contribution in [0.4, 0.5) is 0 Å². The molecule has 3 rings (SSSR count). The SMILES string of the molecule is NC(=O)Cc1cc(-c2nc3ccccc3s2)ccc1OCCOCCOCCOCCO. The third kappa shape index (κ3) is 7.54. The number of rotatable bonds is 15. The maximum absolute atomic E-state index is 11.6. The molecule has 32 heavy (non-hydrogen) atoms. The number of amides is 1. The molecule has 1 aromatic heterocycles. The fourth-order valence-electron chi connectivity index (χ4n) is 2.99. The van der Waals surface area contributed by atoms with Gasteiger partial charge >= 0.3 is 0 Å². The molecule has 8 nitrogen and oxygen atoms in total. The molecule has 3 N–H and O–H groups in total. The summed E-state index contributed by atoms with van der Waals surface area (Å²) in [5.74, 6) is 0.183. The van der Waals surface area contributed by atoms with Crippen molar-refractivity contribution in [1.29, 1.82) is 0 Å². The van der Waals surface area contributed by atoms with E-state index in [1.54, 1.807) is 11.3 Å². The number of aromatic nitrogens is 1. The van der Waals surface area contributed by atoms with Crippen molar-refractivity contribution in [3.63, 3.8) is 0 Å². The smallest absolute Gasteiger partial charge is 0.221 e. The summed E-state index contributed by atoms with van der Waals surface area (Å²) in [5, 5.41) is 9.48. The molecular formula is C23H28N2O6S. The predicted molar refractivity (Wildman–Crippen MR) is 123 cm³/mol. The largest absolute Gasteiger partial charge is 0.491 e. The summed E-state index contributed by atoms with van der Waals surface area (Å²) < 4.78 is 22.9. The number of primary amides is 1. The van der Waals surface area contributed by atoms with Crippen molar-refractivity contribution in [2.45, 2.75) is 6.42 Å². The van der Waals surface area contributed by atoms with Crippen LogP contribution in [0.25, 0.3) is 20.8 Å². The molecule has 0 saturated heterocycles. The number of aliphatic hydroxyl groups is 1. The monoisotopic (exact) mass is 460 g/mol. The van der Waals surface area contributed by atoms with Gasteiger partial charge in [0.1, 0.15) is 17.4 Å². The van der Waals surface area contributed by atoms with Crippen LogP contribution >= 0.6 is 11.3 Å². The topological polar surface area (TPSA) is 113 Å². The number of hydrogen-bond donors (Lipinski definition) is 2. The maximum Gasteiger partial charge on any atom is 0.221 e. The lowest BCUT2D eigenvalue weighted by molar-refractivity contribution is -0.117. The molecule has 0 fully saturated rings. The van der Waals surface area contributed by atoms with Gasteiger partial charge in [0, 0.05) is 11.1 Å². The van der Waals surface area contributed by atoms with E-state index in [1.807, 2.05) is 42.5 Å². The summed E-state index contributed by atoms with van der Waals surface area (Å²) in [5.41, 5.74) is 8.03. The number of fused-ring (bicyclic) bond motifs is 1. The molecular weight excluding hydrogens is 432 g/mol. The van der Waals surface area contributed by atoms with Gasteiger partial charge in [-0.1, -0.05) is 12.1 Å². The molecule has 0 aliphatic rings. The van der Waals surface area contributed by atoms with Crippen LogP contribution in [0.5, 0.6) is 5.75 Å². The van der Waals surface area contributed by atoms with E-state index in [0.717, 1.165) is 26.4 Å². The lowest BCUT2D eigenvalue weighted by Gasteiger charge is -2.12. The molecule has 0 aliphatic carbocycles. The summed E-state index contributed by atoms with van der Waals surface area (Å²) in [6, 6.07) is 13.7. The van der Waals surface area contributed by atoms with Gasteiger partial charge in [0.25, 0.3) is 0 Å². The number of ether oxygens (including phenoxy) is 4. The lowest BCUT2D eigenvalue weighted by atomic mass is 10.1. The van der Waals surface area contributed by atoms with Gasteiger partial charge in [-0.25, -0.2) is 4.98 Å². The number of carbonyl (C=O) groups excluding carboxylic acids is 1. The normalized spacial score (nSPS) is 11.2. The Morgan fingerprint density at radius 3 is 2.31 bits per heavy atom. The van der Waals surface area contributed by atoms with Gasteiger partial charge in [0.05, 0.1) is 62.9 Å². The Kier molecular flexibility index (Phi) is 9.86. The van der Waals surface area contributed by atoms with E-state index < -0.39 is 5.91 Å². The van der Waals surface area contributed by atoms with Crippen LogP contribution in [0, 0.1) is 0 Å². The molecule has 172 valence electrons. The van der Waals surface area contributed by atoms with Crippen molar-refractivity contribution in [2.24, 2.45) is 5.73 Å². The van der Waals surface area contributed by atoms with Crippen LogP contribution in [0.2, 0.25) is 0 Å². The molecule has 9 heteroatoms. The first kappa shape index (κ1) is 24.1.